The van der Waals surface area contributed by atoms with E-state index in [9.17, 15) is 4.79 Å². The monoisotopic (exact) mass is 209 g/mol. The predicted octanol–water partition coefficient (Wildman–Crippen LogP) is -0.337. The van der Waals surface area contributed by atoms with Gasteiger partial charge in [0.25, 0.3) is 5.91 Å². The summed E-state index contributed by atoms with van der Waals surface area (Å²) in [6, 6.07) is 0. The minimum Gasteiger partial charge on any atom is -0.350 e. The predicted molar refractivity (Wildman–Crippen MR) is 54.1 cm³/mol. The Hall–Kier alpha value is -1.43. The van der Waals surface area contributed by atoms with Gasteiger partial charge in [0.1, 0.15) is 0 Å². The minimum absolute atomic E-state index is 0.174. The van der Waals surface area contributed by atoms with Gasteiger partial charge in [0.2, 0.25) is 0 Å². The molecule has 0 saturated heterocycles. The van der Waals surface area contributed by atoms with E-state index in [2.05, 4.69) is 20.7 Å². The smallest absolute Gasteiger partial charge is 0.273 e. The molecule has 1 aliphatic rings. The summed E-state index contributed by atoms with van der Waals surface area (Å²) in [5, 5.41) is 12.6. The highest BCUT2D eigenvalue weighted by Crippen LogP contribution is 2.47. The average Bonchev–Trinajstić information content (AvgIpc) is 2.81. The fourth-order valence-corrected chi connectivity index (χ4v) is 1.67. The fourth-order valence-electron chi connectivity index (χ4n) is 1.67. The summed E-state index contributed by atoms with van der Waals surface area (Å²) in [5.41, 5.74) is 6.11. The molecule has 6 nitrogen and oxygen atoms in total. The van der Waals surface area contributed by atoms with E-state index in [4.69, 9.17) is 5.73 Å². The molecule has 82 valence electrons. The van der Waals surface area contributed by atoms with E-state index in [1.165, 1.54) is 6.20 Å². The Morgan fingerprint density at radius 2 is 2.47 bits per heavy atom. The van der Waals surface area contributed by atoms with Gasteiger partial charge in [-0.3, -0.25) is 4.79 Å². The van der Waals surface area contributed by atoms with Crippen molar-refractivity contribution in [3.05, 3.63) is 11.9 Å². The quantitative estimate of drug-likeness (QED) is 0.618. The van der Waals surface area contributed by atoms with E-state index in [0.29, 0.717) is 18.8 Å². The number of hydrogen-bond acceptors (Lipinski definition) is 4. The molecular weight excluding hydrogens is 194 g/mol. The Morgan fingerprint density at radius 3 is 3.00 bits per heavy atom. The van der Waals surface area contributed by atoms with Crippen LogP contribution in [-0.4, -0.2) is 34.4 Å². The average molecular weight is 209 g/mol. The molecule has 1 aliphatic carbocycles. The van der Waals surface area contributed by atoms with Crippen LogP contribution >= 0.6 is 0 Å². The number of rotatable bonds is 5. The molecule has 0 bridgehead atoms. The topological polar surface area (TPSA) is 96.7 Å². The minimum atomic E-state index is -0.174. The number of hydrogen-bond donors (Lipinski definition) is 3. The molecule has 0 aliphatic heterocycles. The normalized spacial score (nSPS) is 17.4. The van der Waals surface area contributed by atoms with Gasteiger partial charge in [-0.2, -0.15) is 15.4 Å². The van der Waals surface area contributed by atoms with Gasteiger partial charge in [-0.1, -0.05) is 0 Å². The number of nitrogens with zero attached hydrogens (tertiary/aromatic N) is 2. The Bertz CT molecular complexity index is 330. The van der Waals surface area contributed by atoms with Gasteiger partial charge >= 0.3 is 0 Å². The third kappa shape index (κ3) is 2.33. The molecule has 1 saturated carbocycles. The molecule has 1 heterocycles. The molecule has 4 N–H and O–H groups in total. The molecule has 15 heavy (non-hydrogen) atoms. The van der Waals surface area contributed by atoms with E-state index in [-0.39, 0.29) is 11.3 Å². The largest absolute Gasteiger partial charge is 0.350 e. The van der Waals surface area contributed by atoms with Crippen molar-refractivity contribution in [2.24, 2.45) is 11.1 Å². The second-order valence-electron chi connectivity index (χ2n) is 4.08. The van der Waals surface area contributed by atoms with Crippen molar-refractivity contribution in [2.75, 3.05) is 13.1 Å². The summed E-state index contributed by atoms with van der Waals surface area (Å²) >= 11 is 0. The van der Waals surface area contributed by atoms with Crippen molar-refractivity contribution < 1.29 is 4.79 Å². The molecule has 1 aromatic heterocycles. The van der Waals surface area contributed by atoms with Crippen LogP contribution in [0.25, 0.3) is 0 Å². The van der Waals surface area contributed by atoms with Gasteiger partial charge in [-0.25, -0.2) is 0 Å². The molecule has 0 unspecified atom stereocenters. The lowest BCUT2D eigenvalue weighted by Crippen LogP contribution is -2.31. The first-order valence-corrected chi connectivity index (χ1v) is 5.10. The maximum Gasteiger partial charge on any atom is 0.273 e. The summed E-state index contributed by atoms with van der Waals surface area (Å²) < 4.78 is 0. The van der Waals surface area contributed by atoms with Crippen molar-refractivity contribution in [2.45, 2.75) is 19.3 Å². The number of H-pyrrole nitrogens is 1. The second kappa shape index (κ2) is 3.98. The lowest BCUT2D eigenvalue weighted by atomic mass is 10.0. The van der Waals surface area contributed by atoms with E-state index in [1.54, 1.807) is 0 Å². The maximum absolute atomic E-state index is 11.5. The Kier molecular flexibility index (Phi) is 2.68. The van der Waals surface area contributed by atoms with E-state index in [1.807, 2.05) is 0 Å². The number of aromatic nitrogens is 3. The van der Waals surface area contributed by atoms with E-state index >= 15 is 0 Å². The standard InChI is InChI=1S/C9H15N5O/c10-4-3-9(1-2-9)6-11-8(15)7-5-12-14-13-7/h5H,1-4,6,10H2,(H,11,15)(H,12,13,14). The Balaban J connectivity index is 1.81. The third-order valence-electron chi connectivity index (χ3n) is 2.90. The first kappa shape index (κ1) is 10.1. The zero-order chi connectivity index (χ0) is 10.7. The lowest BCUT2D eigenvalue weighted by molar-refractivity contribution is 0.0939. The molecule has 1 fully saturated rings. The molecule has 0 spiro atoms. The van der Waals surface area contributed by atoms with Crippen LogP contribution in [0.3, 0.4) is 0 Å². The summed E-state index contributed by atoms with van der Waals surface area (Å²) in [7, 11) is 0. The van der Waals surface area contributed by atoms with Crippen molar-refractivity contribution in [1.29, 1.82) is 0 Å². The zero-order valence-electron chi connectivity index (χ0n) is 8.49. The van der Waals surface area contributed by atoms with Crippen molar-refractivity contribution in [3.63, 3.8) is 0 Å². The summed E-state index contributed by atoms with van der Waals surface area (Å²) in [6.45, 7) is 1.37. The first-order chi connectivity index (χ1) is 7.26. The number of aromatic amines is 1. The van der Waals surface area contributed by atoms with Crippen molar-refractivity contribution in [1.82, 2.24) is 20.7 Å². The van der Waals surface area contributed by atoms with E-state index < -0.39 is 0 Å². The molecule has 1 aromatic rings. The van der Waals surface area contributed by atoms with Crippen LogP contribution in [-0.2, 0) is 0 Å². The van der Waals surface area contributed by atoms with Crippen LogP contribution in [0.5, 0.6) is 0 Å². The summed E-state index contributed by atoms with van der Waals surface area (Å²) in [4.78, 5) is 11.5. The SMILES string of the molecule is NCCC1(CNC(=O)c2cn[nH]n2)CC1. The Labute approximate surface area is 87.6 Å². The van der Waals surface area contributed by atoms with Gasteiger partial charge in [-0.05, 0) is 31.2 Å². The lowest BCUT2D eigenvalue weighted by Gasteiger charge is -2.13. The third-order valence-corrected chi connectivity index (χ3v) is 2.90. The van der Waals surface area contributed by atoms with E-state index in [0.717, 1.165) is 19.3 Å². The number of nitrogens with two attached hydrogens (primary N) is 1. The maximum atomic E-state index is 11.5. The van der Waals surface area contributed by atoms with Crippen LogP contribution in [0.2, 0.25) is 0 Å². The van der Waals surface area contributed by atoms with Crippen molar-refractivity contribution in [3.8, 4) is 0 Å². The fraction of sp³-hybridized carbons (Fsp3) is 0.667. The zero-order valence-corrected chi connectivity index (χ0v) is 8.49. The summed E-state index contributed by atoms with van der Waals surface area (Å²) in [6.07, 6.45) is 4.70. The van der Waals surface area contributed by atoms with Crippen LogP contribution < -0.4 is 11.1 Å². The Morgan fingerprint density at radius 1 is 1.67 bits per heavy atom. The van der Waals surface area contributed by atoms with Gasteiger partial charge in [-0.15, -0.1) is 0 Å². The first-order valence-electron chi connectivity index (χ1n) is 5.10. The summed E-state index contributed by atoms with van der Waals surface area (Å²) in [5.74, 6) is -0.174. The molecular formula is C9H15N5O. The highest BCUT2D eigenvalue weighted by molar-refractivity contribution is 5.91. The molecule has 0 atom stereocenters. The van der Waals surface area contributed by atoms with Gasteiger partial charge in [0.15, 0.2) is 5.69 Å². The van der Waals surface area contributed by atoms with Gasteiger partial charge in [0.05, 0.1) is 6.20 Å². The molecule has 0 aromatic carbocycles. The highest BCUT2D eigenvalue weighted by atomic mass is 16.2. The number of nitrogens with one attached hydrogen (secondary N) is 2. The van der Waals surface area contributed by atoms with Crippen LogP contribution in [0.1, 0.15) is 29.8 Å². The van der Waals surface area contributed by atoms with Crippen LogP contribution in [0.15, 0.2) is 6.20 Å². The molecule has 0 radical (unpaired) electrons. The van der Waals surface area contributed by atoms with Gasteiger partial charge < -0.3 is 11.1 Å². The second-order valence-corrected chi connectivity index (χ2v) is 4.08. The number of carbonyl (C=O) groups excluding carboxylic acids is 1. The number of amides is 1. The highest BCUT2D eigenvalue weighted by Gasteiger charge is 2.41. The molecule has 2 rings (SSSR count). The van der Waals surface area contributed by atoms with Crippen molar-refractivity contribution >= 4 is 5.91 Å². The van der Waals surface area contributed by atoms with Crippen LogP contribution in [0, 0.1) is 5.41 Å². The van der Waals surface area contributed by atoms with Gasteiger partial charge in [0, 0.05) is 6.54 Å². The molecule has 1 amide bonds. The van der Waals surface area contributed by atoms with Crippen LogP contribution in [0.4, 0.5) is 0 Å². The number of carbonyl (C=O) groups is 1. The molecule has 6 heteroatoms.